The van der Waals surface area contributed by atoms with Gasteiger partial charge in [-0.1, -0.05) is 12.1 Å². The van der Waals surface area contributed by atoms with Crippen molar-refractivity contribution in [1.29, 1.82) is 0 Å². The van der Waals surface area contributed by atoms with Crippen LogP contribution in [0, 0.1) is 0 Å². The summed E-state index contributed by atoms with van der Waals surface area (Å²) in [6.07, 6.45) is 1.03. The normalized spacial score (nSPS) is 10.5. The number of hydrogen-bond acceptors (Lipinski definition) is 3. The molecule has 2 aromatic rings. The number of carbonyl (C=O) groups excluding carboxylic acids is 1. The Kier molecular flexibility index (Phi) is 5.76. The largest absolute Gasteiger partial charge is 0.355 e. The fourth-order valence-electron chi connectivity index (χ4n) is 1.85. The Hall–Kier alpha value is -1.17. The molecule has 1 heterocycles. The zero-order chi connectivity index (χ0) is 14.4. The number of rotatable bonds is 6. The van der Waals surface area contributed by atoms with Gasteiger partial charge in [-0.15, -0.1) is 11.3 Å². The highest BCUT2D eigenvalue weighted by Gasteiger charge is 2.02. The summed E-state index contributed by atoms with van der Waals surface area (Å²) >= 11 is 5.24. The van der Waals surface area contributed by atoms with Crippen molar-refractivity contribution >= 4 is 33.2 Å². The predicted molar refractivity (Wildman–Crippen MR) is 87.3 cm³/mol. The molecule has 0 fully saturated rings. The summed E-state index contributed by atoms with van der Waals surface area (Å²) in [7, 11) is 1.64. The van der Waals surface area contributed by atoms with E-state index in [2.05, 4.69) is 38.7 Å². The Morgan fingerprint density at radius 3 is 2.55 bits per heavy atom. The third-order valence-electron chi connectivity index (χ3n) is 2.95. The summed E-state index contributed by atoms with van der Waals surface area (Å²) in [4.78, 5) is 12.8. The smallest absolute Gasteiger partial charge is 0.251 e. The summed E-state index contributed by atoms with van der Waals surface area (Å²) in [5, 5.41) is 6.03. The van der Waals surface area contributed by atoms with Gasteiger partial charge in [0.05, 0.1) is 3.79 Å². The van der Waals surface area contributed by atoms with Crippen LogP contribution in [0.1, 0.15) is 20.8 Å². The highest BCUT2D eigenvalue weighted by Crippen LogP contribution is 2.22. The quantitative estimate of drug-likeness (QED) is 0.783. The van der Waals surface area contributed by atoms with Crippen molar-refractivity contribution in [1.82, 2.24) is 10.6 Å². The van der Waals surface area contributed by atoms with Gasteiger partial charge in [0.25, 0.3) is 5.91 Å². The highest BCUT2D eigenvalue weighted by molar-refractivity contribution is 9.11. The molecule has 0 atom stereocenters. The van der Waals surface area contributed by atoms with Gasteiger partial charge >= 0.3 is 0 Å². The van der Waals surface area contributed by atoms with Crippen molar-refractivity contribution < 1.29 is 4.79 Å². The first-order valence-electron chi connectivity index (χ1n) is 6.45. The van der Waals surface area contributed by atoms with Gasteiger partial charge in [-0.3, -0.25) is 4.79 Å². The molecular weight excluding hydrogens is 336 g/mol. The lowest BCUT2D eigenvalue weighted by Gasteiger charge is -2.05. The van der Waals surface area contributed by atoms with E-state index in [1.807, 2.05) is 24.3 Å². The van der Waals surface area contributed by atoms with Crippen molar-refractivity contribution in [2.24, 2.45) is 0 Å². The first-order chi connectivity index (χ1) is 9.69. The van der Waals surface area contributed by atoms with Crippen molar-refractivity contribution in [3.8, 4) is 0 Å². The molecule has 0 saturated heterocycles. The summed E-state index contributed by atoms with van der Waals surface area (Å²) in [6, 6.07) is 11.9. The molecule has 0 aliphatic rings. The molecule has 1 amide bonds. The number of hydrogen-bond donors (Lipinski definition) is 2. The Balaban J connectivity index is 1.75. The van der Waals surface area contributed by atoms with Crippen LogP contribution in [0.2, 0.25) is 0 Å². The average molecular weight is 353 g/mol. The number of nitrogens with one attached hydrogen (secondary N) is 2. The van der Waals surface area contributed by atoms with E-state index in [0.29, 0.717) is 5.56 Å². The molecule has 1 aromatic heterocycles. The van der Waals surface area contributed by atoms with Gasteiger partial charge < -0.3 is 10.6 Å². The molecule has 20 heavy (non-hydrogen) atoms. The highest BCUT2D eigenvalue weighted by atomic mass is 79.9. The maximum absolute atomic E-state index is 11.4. The second kappa shape index (κ2) is 7.57. The predicted octanol–water partition coefficient (Wildman–Crippen LogP) is 3.20. The number of carbonyl (C=O) groups is 1. The standard InChI is InChI=1S/C15H17BrN2OS/c1-17-15(19)12-4-2-11(3-5-12)10-18-9-8-13-6-7-14(16)20-13/h2-7,18H,8-10H2,1H3,(H,17,19). The van der Waals surface area contributed by atoms with Crippen LogP contribution in [0.4, 0.5) is 0 Å². The average Bonchev–Trinajstić information content (AvgIpc) is 2.89. The number of benzene rings is 1. The van der Waals surface area contributed by atoms with Crippen LogP contribution in [-0.4, -0.2) is 19.5 Å². The van der Waals surface area contributed by atoms with E-state index in [1.165, 1.54) is 14.2 Å². The molecule has 0 aliphatic carbocycles. The molecule has 0 radical (unpaired) electrons. The van der Waals surface area contributed by atoms with E-state index in [0.717, 1.165) is 19.5 Å². The summed E-state index contributed by atoms with van der Waals surface area (Å²) < 4.78 is 1.18. The maximum atomic E-state index is 11.4. The minimum absolute atomic E-state index is 0.0484. The monoisotopic (exact) mass is 352 g/mol. The van der Waals surface area contributed by atoms with E-state index in [1.54, 1.807) is 18.4 Å². The fourth-order valence-corrected chi connectivity index (χ4v) is 3.33. The van der Waals surface area contributed by atoms with Crippen LogP contribution in [-0.2, 0) is 13.0 Å². The molecule has 1 aromatic carbocycles. The molecule has 0 aliphatic heterocycles. The zero-order valence-corrected chi connectivity index (χ0v) is 13.7. The summed E-state index contributed by atoms with van der Waals surface area (Å²) in [5.74, 6) is -0.0484. The van der Waals surface area contributed by atoms with Gasteiger partial charge in [0.2, 0.25) is 0 Å². The Morgan fingerprint density at radius 2 is 1.95 bits per heavy atom. The van der Waals surface area contributed by atoms with Gasteiger partial charge in [0, 0.05) is 30.6 Å². The second-order valence-electron chi connectivity index (χ2n) is 4.41. The molecule has 0 unspecified atom stereocenters. The molecule has 2 rings (SSSR count). The molecule has 5 heteroatoms. The molecule has 0 bridgehead atoms. The fraction of sp³-hybridized carbons (Fsp3) is 0.267. The zero-order valence-electron chi connectivity index (χ0n) is 11.3. The SMILES string of the molecule is CNC(=O)c1ccc(CNCCc2ccc(Br)s2)cc1. The second-order valence-corrected chi connectivity index (χ2v) is 6.96. The van der Waals surface area contributed by atoms with E-state index in [4.69, 9.17) is 0 Å². The minimum atomic E-state index is -0.0484. The Morgan fingerprint density at radius 1 is 1.20 bits per heavy atom. The lowest BCUT2D eigenvalue weighted by molar-refractivity contribution is 0.0963. The summed E-state index contributed by atoms with van der Waals surface area (Å²) in [6.45, 7) is 1.77. The lowest BCUT2D eigenvalue weighted by Crippen LogP contribution is -2.18. The number of thiophene rings is 1. The van der Waals surface area contributed by atoms with E-state index in [-0.39, 0.29) is 5.91 Å². The topological polar surface area (TPSA) is 41.1 Å². The van der Waals surface area contributed by atoms with Gasteiger partial charge in [-0.2, -0.15) is 0 Å². The molecule has 3 nitrogen and oxygen atoms in total. The van der Waals surface area contributed by atoms with Crippen LogP contribution >= 0.6 is 27.3 Å². The van der Waals surface area contributed by atoms with Gasteiger partial charge in [-0.25, -0.2) is 0 Å². The van der Waals surface area contributed by atoms with Crippen molar-refractivity contribution in [2.45, 2.75) is 13.0 Å². The van der Waals surface area contributed by atoms with Gasteiger partial charge in [0.15, 0.2) is 0 Å². The van der Waals surface area contributed by atoms with Crippen molar-refractivity contribution in [2.75, 3.05) is 13.6 Å². The van der Waals surface area contributed by atoms with E-state index >= 15 is 0 Å². The third-order valence-corrected chi connectivity index (χ3v) is 4.63. The lowest BCUT2D eigenvalue weighted by atomic mass is 10.1. The number of amides is 1. The van der Waals surface area contributed by atoms with Crippen LogP contribution in [0.3, 0.4) is 0 Å². The molecule has 0 spiro atoms. The van der Waals surface area contributed by atoms with Crippen LogP contribution in [0.15, 0.2) is 40.2 Å². The first kappa shape index (κ1) is 15.2. The molecule has 2 N–H and O–H groups in total. The van der Waals surface area contributed by atoms with Crippen LogP contribution in [0.25, 0.3) is 0 Å². The van der Waals surface area contributed by atoms with Crippen molar-refractivity contribution in [3.63, 3.8) is 0 Å². The molecule has 106 valence electrons. The summed E-state index contributed by atoms with van der Waals surface area (Å²) in [5.41, 5.74) is 1.88. The van der Waals surface area contributed by atoms with E-state index in [9.17, 15) is 4.79 Å². The van der Waals surface area contributed by atoms with Crippen LogP contribution in [0.5, 0.6) is 0 Å². The first-order valence-corrected chi connectivity index (χ1v) is 8.06. The molecular formula is C15H17BrN2OS. The van der Waals surface area contributed by atoms with Crippen molar-refractivity contribution in [3.05, 3.63) is 56.2 Å². The molecule has 0 saturated carbocycles. The maximum Gasteiger partial charge on any atom is 0.251 e. The minimum Gasteiger partial charge on any atom is -0.355 e. The number of halogens is 1. The third kappa shape index (κ3) is 4.44. The Bertz CT molecular complexity index is 566. The van der Waals surface area contributed by atoms with Gasteiger partial charge in [-0.05, 0) is 52.2 Å². The van der Waals surface area contributed by atoms with E-state index < -0.39 is 0 Å². The van der Waals surface area contributed by atoms with Crippen LogP contribution < -0.4 is 10.6 Å². The van der Waals surface area contributed by atoms with Gasteiger partial charge in [0.1, 0.15) is 0 Å². The Labute approximate surface area is 131 Å².